The van der Waals surface area contributed by atoms with Crippen molar-refractivity contribution in [2.24, 2.45) is 0 Å². The van der Waals surface area contributed by atoms with E-state index in [-0.39, 0.29) is 37.3 Å². The fourth-order valence-electron chi connectivity index (χ4n) is 3.95. The maximum absolute atomic E-state index is 12.7. The van der Waals surface area contributed by atoms with Crippen LogP contribution in [0.25, 0.3) is 5.57 Å². The van der Waals surface area contributed by atoms with E-state index in [0.29, 0.717) is 24.7 Å². The molecule has 4 rings (SSSR count). The number of pyridine rings is 1. The molecule has 0 bridgehead atoms. The van der Waals surface area contributed by atoms with Gasteiger partial charge < -0.3 is 4.90 Å². The molecule has 0 unspecified atom stereocenters. The van der Waals surface area contributed by atoms with E-state index in [4.69, 9.17) is 11.6 Å². The van der Waals surface area contributed by atoms with E-state index in [2.05, 4.69) is 4.98 Å². The lowest BCUT2D eigenvalue weighted by molar-refractivity contribution is -0.138. The number of alkyl halides is 3. The van der Waals surface area contributed by atoms with Gasteiger partial charge in [0.1, 0.15) is 5.82 Å². The van der Waals surface area contributed by atoms with Gasteiger partial charge in [-0.05, 0) is 41.8 Å². The zero-order valence-electron chi connectivity index (χ0n) is 17.7. The molecule has 1 fully saturated rings. The number of carbonyl (C=O) groups excluding carboxylic acids is 2. The second-order valence-electron chi connectivity index (χ2n) is 7.99. The van der Waals surface area contributed by atoms with Gasteiger partial charge in [0.2, 0.25) is 11.8 Å². The van der Waals surface area contributed by atoms with E-state index in [1.807, 2.05) is 30.3 Å². The monoisotopic (exact) mass is 478 g/mol. The summed E-state index contributed by atoms with van der Waals surface area (Å²) in [5, 5.41) is 0.669. The highest BCUT2D eigenvalue weighted by Crippen LogP contribution is 2.29. The quantitative estimate of drug-likeness (QED) is 0.672. The standard InChI is InChI=1S/C23H22ClF3N4O2/c24-19-3-1-2-17(12-19)16-6-8-30(9-7-16)21(32)14-29-10-11-31(22(33)15-29)20-5-4-18(13-28-20)23(25,26)27/h1-6,12-13H,7-11,14-15H2. The van der Waals surface area contributed by atoms with Gasteiger partial charge in [-0.15, -0.1) is 0 Å². The van der Waals surface area contributed by atoms with Crippen LogP contribution in [0.1, 0.15) is 17.5 Å². The first-order chi connectivity index (χ1) is 15.7. The Balaban J connectivity index is 1.30. The summed E-state index contributed by atoms with van der Waals surface area (Å²) in [6.07, 6.45) is -1.02. The maximum atomic E-state index is 12.7. The molecule has 10 heteroatoms. The number of hydrogen-bond donors (Lipinski definition) is 0. The number of anilines is 1. The van der Waals surface area contributed by atoms with E-state index >= 15 is 0 Å². The Bertz CT molecular complexity index is 1070. The van der Waals surface area contributed by atoms with Crippen LogP contribution in [-0.4, -0.2) is 65.9 Å². The summed E-state index contributed by atoms with van der Waals surface area (Å²) in [5.74, 6) is -0.193. The Morgan fingerprint density at radius 3 is 2.55 bits per heavy atom. The van der Waals surface area contributed by atoms with Crippen molar-refractivity contribution in [3.05, 3.63) is 64.8 Å². The summed E-state index contributed by atoms with van der Waals surface area (Å²) in [5.41, 5.74) is 1.33. The molecule has 0 aliphatic carbocycles. The Kier molecular flexibility index (Phi) is 6.71. The van der Waals surface area contributed by atoms with E-state index in [0.717, 1.165) is 29.8 Å². The predicted octanol–water partition coefficient (Wildman–Crippen LogP) is 3.72. The SMILES string of the molecule is O=C(CN1CCN(c2ccc(C(F)(F)F)cn2)C(=O)C1)N1CC=C(c2cccc(Cl)c2)CC1. The lowest BCUT2D eigenvalue weighted by Crippen LogP contribution is -2.53. The van der Waals surface area contributed by atoms with Gasteiger partial charge in [0.25, 0.3) is 0 Å². The van der Waals surface area contributed by atoms with Crippen LogP contribution in [0.2, 0.25) is 5.02 Å². The third-order valence-corrected chi connectivity index (χ3v) is 6.00. The van der Waals surface area contributed by atoms with Crippen molar-refractivity contribution >= 4 is 34.8 Å². The van der Waals surface area contributed by atoms with Crippen molar-refractivity contribution in [2.75, 3.05) is 44.2 Å². The molecule has 0 radical (unpaired) electrons. The summed E-state index contributed by atoms with van der Waals surface area (Å²) in [6.45, 7) is 1.87. The van der Waals surface area contributed by atoms with Crippen LogP contribution in [-0.2, 0) is 15.8 Å². The number of hydrogen-bond acceptors (Lipinski definition) is 4. The van der Waals surface area contributed by atoms with Crippen LogP contribution in [0, 0.1) is 0 Å². The molecule has 2 aromatic rings. The smallest absolute Gasteiger partial charge is 0.338 e. The Morgan fingerprint density at radius 2 is 1.94 bits per heavy atom. The number of halogens is 4. The van der Waals surface area contributed by atoms with Crippen molar-refractivity contribution < 1.29 is 22.8 Å². The summed E-state index contributed by atoms with van der Waals surface area (Å²) >= 11 is 6.06. The molecule has 1 aromatic heterocycles. The zero-order chi connectivity index (χ0) is 23.6. The minimum Gasteiger partial charge on any atom is -0.338 e. The van der Waals surface area contributed by atoms with Crippen molar-refractivity contribution in [1.82, 2.24) is 14.8 Å². The van der Waals surface area contributed by atoms with Gasteiger partial charge in [-0.3, -0.25) is 19.4 Å². The Hall–Kier alpha value is -2.91. The van der Waals surface area contributed by atoms with Crippen LogP contribution >= 0.6 is 11.6 Å². The van der Waals surface area contributed by atoms with Gasteiger partial charge in [0, 0.05) is 37.4 Å². The van der Waals surface area contributed by atoms with Crippen LogP contribution in [0.15, 0.2) is 48.7 Å². The number of carbonyl (C=O) groups is 2. The average molecular weight is 479 g/mol. The van der Waals surface area contributed by atoms with Crippen LogP contribution in [0.3, 0.4) is 0 Å². The van der Waals surface area contributed by atoms with E-state index in [1.165, 1.54) is 11.0 Å². The number of benzene rings is 1. The van der Waals surface area contributed by atoms with Crippen molar-refractivity contribution in [3.8, 4) is 0 Å². The molecule has 33 heavy (non-hydrogen) atoms. The molecular weight excluding hydrogens is 457 g/mol. The highest BCUT2D eigenvalue weighted by atomic mass is 35.5. The molecule has 3 heterocycles. The number of nitrogens with zero attached hydrogens (tertiary/aromatic N) is 4. The molecule has 2 aliphatic rings. The minimum absolute atomic E-state index is 0.00584. The van der Waals surface area contributed by atoms with E-state index in [9.17, 15) is 22.8 Å². The van der Waals surface area contributed by atoms with Crippen LogP contribution in [0.5, 0.6) is 0 Å². The largest absolute Gasteiger partial charge is 0.417 e. The molecule has 6 nitrogen and oxygen atoms in total. The van der Waals surface area contributed by atoms with Crippen molar-refractivity contribution in [1.29, 1.82) is 0 Å². The van der Waals surface area contributed by atoms with Gasteiger partial charge in [-0.2, -0.15) is 13.2 Å². The molecular formula is C23H22ClF3N4O2. The number of amides is 2. The third-order valence-electron chi connectivity index (χ3n) is 5.77. The molecule has 0 saturated carbocycles. The molecule has 0 spiro atoms. The van der Waals surface area contributed by atoms with Crippen molar-refractivity contribution in [2.45, 2.75) is 12.6 Å². The molecule has 0 atom stereocenters. The fraction of sp³-hybridized carbons (Fsp3) is 0.348. The molecule has 0 N–H and O–H groups in total. The Labute approximate surface area is 194 Å². The van der Waals surface area contributed by atoms with Crippen LogP contribution < -0.4 is 4.90 Å². The third kappa shape index (κ3) is 5.54. The first kappa shape index (κ1) is 23.3. The van der Waals surface area contributed by atoms with Gasteiger partial charge in [-0.25, -0.2) is 4.98 Å². The highest BCUT2D eigenvalue weighted by Gasteiger charge is 2.32. The zero-order valence-corrected chi connectivity index (χ0v) is 18.4. The Morgan fingerprint density at radius 1 is 1.12 bits per heavy atom. The molecule has 2 aliphatic heterocycles. The molecule has 1 saturated heterocycles. The van der Waals surface area contributed by atoms with Gasteiger partial charge >= 0.3 is 6.18 Å². The lowest BCUT2D eigenvalue weighted by atomic mass is 9.99. The fourth-order valence-corrected chi connectivity index (χ4v) is 4.14. The summed E-state index contributed by atoms with van der Waals surface area (Å²) in [4.78, 5) is 33.9. The van der Waals surface area contributed by atoms with Gasteiger partial charge in [0.05, 0.1) is 18.7 Å². The maximum Gasteiger partial charge on any atom is 0.417 e. The number of piperazine rings is 1. The van der Waals surface area contributed by atoms with E-state index in [1.54, 1.807) is 9.80 Å². The first-order valence-corrected chi connectivity index (χ1v) is 10.9. The lowest BCUT2D eigenvalue weighted by Gasteiger charge is -2.35. The highest BCUT2D eigenvalue weighted by molar-refractivity contribution is 6.30. The van der Waals surface area contributed by atoms with Crippen LogP contribution in [0.4, 0.5) is 19.0 Å². The van der Waals surface area contributed by atoms with Gasteiger partial charge in [0.15, 0.2) is 0 Å². The summed E-state index contributed by atoms with van der Waals surface area (Å²) in [6, 6.07) is 9.71. The molecule has 1 aromatic carbocycles. The second kappa shape index (κ2) is 9.52. The normalized spacial score (nSPS) is 17.8. The van der Waals surface area contributed by atoms with Crippen molar-refractivity contribution in [3.63, 3.8) is 0 Å². The molecule has 174 valence electrons. The van der Waals surface area contributed by atoms with Gasteiger partial charge in [-0.1, -0.05) is 29.8 Å². The number of aromatic nitrogens is 1. The topological polar surface area (TPSA) is 56.8 Å². The average Bonchev–Trinajstić information content (AvgIpc) is 2.79. The van der Waals surface area contributed by atoms with E-state index < -0.39 is 11.7 Å². The summed E-state index contributed by atoms with van der Waals surface area (Å²) in [7, 11) is 0. The summed E-state index contributed by atoms with van der Waals surface area (Å²) < 4.78 is 38.1. The minimum atomic E-state index is -4.48. The first-order valence-electron chi connectivity index (χ1n) is 10.5. The second-order valence-corrected chi connectivity index (χ2v) is 8.42. The predicted molar refractivity (Wildman–Crippen MR) is 119 cm³/mol. The number of rotatable bonds is 4. The molecule has 2 amide bonds.